The SMILES string of the molecule is CC/C=C\C/C=C\C/C=C\C/C=C\C/C=C\C/C=C\C/C=C\CCCCCCCCCCCC(=O)OC(COC(=O)CCCCCCCC/C=C\C/C=C\C/C=C\C/C=C\C/C=C\C/C=C\CC)COP(=O)(O)OCC[N+](C)(C)C. The Morgan fingerprint density at radius 2 is 0.675 bits per heavy atom. The molecule has 2 unspecified atom stereocenters. The fraction of sp³-hybridized carbons (Fsp3) is 0.600. The Hall–Kier alpha value is -4.37. The third-order valence-corrected chi connectivity index (χ3v) is 13.5. The predicted molar refractivity (Wildman–Crippen MR) is 343 cm³/mol. The molecule has 0 bridgehead atoms. The summed E-state index contributed by atoms with van der Waals surface area (Å²) < 4.78 is 34.6. The van der Waals surface area contributed by atoms with E-state index in [0.717, 1.165) is 148 Å². The number of phosphoric ester groups is 1. The van der Waals surface area contributed by atoms with Crippen LogP contribution in [-0.2, 0) is 32.7 Å². The topological polar surface area (TPSA) is 108 Å². The number of unbranched alkanes of at least 4 members (excludes halogenated alkanes) is 15. The summed E-state index contributed by atoms with van der Waals surface area (Å²) >= 11 is 0. The Balaban J connectivity index is 4.23. The number of rotatable bonds is 55. The second kappa shape index (κ2) is 59.3. The van der Waals surface area contributed by atoms with Crippen molar-refractivity contribution in [3.63, 3.8) is 0 Å². The molecule has 0 fully saturated rings. The summed E-state index contributed by atoms with van der Waals surface area (Å²) in [6.45, 7) is 4.16. The number of hydrogen-bond acceptors (Lipinski definition) is 7. The lowest BCUT2D eigenvalue weighted by Crippen LogP contribution is -2.37. The molecule has 1 N–H and O–H groups in total. The van der Waals surface area contributed by atoms with Gasteiger partial charge in [-0.2, -0.15) is 0 Å². The van der Waals surface area contributed by atoms with Gasteiger partial charge in [0.15, 0.2) is 6.10 Å². The van der Waals surface area contributed by atoms with Crippen LogP contribution >= 0.6 is 7.82 Å². The van der Waals surface area contributed by atoms with E-state index in [1.807, 2.05) is 21.1 Å². The van der Waals surface area contributed by atoms with E-state index in [1.165, 1.54) is 32.1 Å². The van der Waals surface area contributed by atoms with Crippen molar-refractivity contribution in [3.8, 4) is 0 Å². The van der Waals surface area contributed by atoms with Gasteiger partial charge in [-0.25, -0.2) is 4.57 Å². The minimum atomic E-state index is -4.41. The lowest BCUT2D eigenvalue weighted by Gasteiger charge is -2.24. The standard InChI is InChI=1S/C70H114NO8P/c1-6-8-10-12-14-16-18-20-22-24-26-28-30-32-33-34-35-36-37-39-41-43-45-47-49-51-53-55-57-59-61-63-70(73)79-68(67-78-80(74,75)77-65-64-71(3,4)5)66-76-69(72)62-60-58-56-54-52-50-48-46-44-42-40-38-31-29-27-25-23-21-19-17-15-13-11-9-7-2/h8-11,14-17,20-23,26-29,32-33,35-36,38-41,44,46,68H,6-7,12-13,18-19,24-25,30-31,34,37,42-43,45,47-67H2,1-5H3/p+1/b10-8-,11-9-,16-14-,17-15-,22-20-,23-21-,28-26-,29-27-,33-32-,36-35-,40-38-,41-39-,46-44-. The van der Waals surface area contributed by atoms with Gasteiger partial charge in [-0.1, -0.05) is 242 Å². The van der Waals surface area contributed by atoms with Crippen LogP contribution in [0.4, 0.5) is 0 Å². The molecule has 0 amide bonds. The van der Waals surface area contributed by atoms with Crippen molar-refractivity contribution in [2.45, 2.75) is 225 Å². The quantitative estimate of drug-likeness (QED) is 0.0211. The molecule has 0 saturated heterocycles. The molecule has 0 heterocycles. The normalized spacial score (nSPS) is 14.3. The zero-order valence-electron chi connectivity index (χ0n) is 51.2. The van der Waals surface area contributed by atoms with E-state index in [4.69, 9.17) is 18.5 Å². The molecule has 0 aliphatic rings. The minimum absolute atomic E-state index is 0.0185. The van der Waals surface area contributed by atoms with E-state index < -0.39 is 26.5 Å². The van der Waals surface area contributed by atoms with E-state index in [9.17, 15) is 19.0 Å². The molecule has 0 aliphatic carbocycles. The van der Waals surface area contributed by atoms with Gasteiger partial charge in [0, 0.05) is 12.8 Å². The average molecular weight is 1130 g/mol. The lowest BCUT2D eigenvalue weighted by molar-refractivity contribution is -0.870. The van der Waals surface area contributed by atoms with Crippen LogP contribution in [0.15, 0.2) is 158 Å². The summed E-state index contributed by atoms with van der Waals surface area (Å²) in [5.41, 5.74) is 0. The number of allylic oxidation sites excluding steroid dienone is 26. The molecule has 9 nitrogen and oxygen atoms in total. The summed E-state index contributed by atoms with van der Waals surface area (Å²) in [7, 11) is 1.44. The van der Waals surface area contributed by atoms with Gasteiger partial charge < -0.3 is 18.9 Å². The Morgan fingerprint density at radius 3 is 1.00 bits per heavy atom. The largest absolute Gasteiger partial charge is 0.472 e. The highest BCUT2D eigenvalue weighted by molar-refractivity contribution is 7.47. The molecule has 0 radical (unpaired) electrons. The number of esters is 2. The van der Waals surface area contributed by atoms with E-state index in [2.05, 4.69) is 172 Å². The third-order valence-electron chi connectivity index (χ3n) is 12.6. The van der Waals surface area contributed by atoms with Crippen molar-refractivity contribution in [2.24, 2.45) is 0 Å². The molecule has 0 aromatic heterocycles. The molecule has 0 spiro atoms. The number of carbonyl (C=O) groups excluding carboxylic acids is 2. The molecule has 0 aromatic carbocycles. The zero-order valence-corrected chi connectivity index (χ0v) is 52.1. The first-order valence-corrected chi connectivity index (χ1v) is 32.7. The molecule has 2 atom stereocenters. The van der Waals surface area contributed by atoms with Gasteiger partial charge >= 0.3 is 19.8 Å². The maximum Gasteiger partial charge on any atom is 0.472 e. The minimum Gasteiger partial charge on any atom is -0.462 e. The van der Waals surface area contributed by atoms with E-state index in [1.54, 1.807) is 0 Å². The molecule has 10 heteroatoms. The summed E-state index contributed by atoms with van der Waals surface area (Å²) in [5.74, 6) is -0.833. The number of quaternary nitrogens is 1. The number of phosphoric acid groups is 1. The molecule has 0 rings (SSSR count). The van der Waals surface area contributed by atoms with Gasteiger partial charge in [0.25, 0.3) is 0 Å². The highest BCUT2D eigenvalue weighted by Crippen LogP contribution is 2.43. The second-order valence-corrected chi connectivity index (χ2v) is 22.8. The molecule has 0 aromatic rings. The van der Waals surface area contributed by atoms with Crippen molar-refractivity contribution in [1.82, 2.24) is 0 Å². The Labute approximate surface area is 490 Å². The third kappa shape index (κ3) is 62.8. The molecule has 452 valence electrons. The van der Waals surface area contributed by atoms with Crippen LogP contribution in [0.1, 0.15) is 219 Å². The molecule has 80 heavy (non-hydrogen) atoms. The molecular formula is C70H115NO8P+. The number of hydrogen-bond donors (Lipinski definition) is 1. The molecule has 0 aliphatic heterocycles. The fourth-order valence-electron chi connectivity index (χ4n) is 7.82. The van der Waals surface area contributed by atoms with Crippen LogP contribution in [-0.4, -0.2) is 74.9 Å². The van der Waals surface area contributed by atoms with Crippen molar-refractivity contribution < 1.29 is 42.1 Å². The first-order valence-electron chi connectivity index (χ1n) is 31.2. The molecule has 0 saturated carbocycles. The zero-order chi connectivity index (χ0) is 58.4. The van der Waals surface area contributed by atoms with Gasteiger partial charge in [-0.3, -0.25) is 18.6 Å². The highest BCUT2D eigenvalue weighted by Gasteiger charge is 2.27. The van der Waals surface area contributed by atoms with E-state index >= 15 is 0 Å². The van der Waals surface area contributed by atoms with Crippen molar-refractivity contribution >= 4 is 19.8 Å². The van der Waals surface area contributed by atoms with Crippen LogP contribution < -0.4 is 0 Å². The Morgan fingerprint density at radius 1 is 0.388 bits per heavy atom. The lowest BCUT2D eigenvalue weighted by atomic mass is 10.1. The maximum atomic E-state index is 12.9. The average Bonchev–Trinajstić information content (AvgIpc) is 3.42. The van der Waals surface area contributed by atoms with Crippen molar-refractivity contribution in [1.29, 1.82) is 0 Å². The van der Waals surface area contributed by atoms with Crippen LogP contribution in [0.5, 0.6) is 0 Å². The summed E-state index contributed by atoms with van der Waals surface area (Å²) in [6, 6.07) is 0. The van der Waals surface area contributed by atoms with Gasteiger partial charge in [0.2, 0.25) is 0 Å². The van der Waals surface area contributed by atoms with E-state index in [0.29, 0.717) is 23.9 Å². The first-order chi connectivity index (χ1) is 39.0. The van der Waals surface area contributed by atoms with Gasteiger partial charge in [-0.15, -0.1) is 0 Å². The Kier molecular flexibility index (Phi) is 56.0. The number of ether oxygens (including phenoxy) is 2. The Bertz CT molecular complexity index is 1900. The predicted octanol–water partition coefficient (Wildman–Crippen LogP) is 20.0. The van der Waals surface area contributed by atoms with Crippen LogP contribution in [0.2, 0.25) is 0 Å². The van der Waals surface area contributed by atoms with Crippen LogP contribution in [0.3, 0.4) is 0 Å². The maximum absolute atomic E-state index is 12.9. The summed E-state index contributed by atoms with van der Waals surface area (Å²) in [5, 5.41) is 0. The number of carbonyl (C=O) groups is 2. The monoisotopic (exact) mass is 1130 g/mol. The molecular weight excluding hydrogens is 1010 g/mol. The van der Waals surface area contributed by atoms with Gasteiger partial charge in [0.1, 0.15) is 19.8 Å². The summed E-state index contributed by atoms with van der Waals surface area (Å²) in [4.78, 5) is 35.8. The van der Waals surface area contributed by atoms with Crippen LogP contribution in [0, 0.1) is 0 Å². The fourth-order valence-corrected chi connectivity index (χ4v) is 8.56. The number of nitrogens with zero attached hydrogens (tertiary/aromatic N) is 1. The van der Waals surface area contributed by atoms with Crippen molar-refractivity contribution in [2.75, 3.05) is 47.5 Å². The summed E-state index contributed by atoms with van der Waals surface area (Å²) in [6.07, 6.45) is 88.8. The number of likely N-dealkylation sites (N-methyl/N-ethyl adjacent to an activating group) is 1. The first kappa shape index (κ1) is 75.6. The second-order valence-electron chi connectivity index (χ2n) is 21.3. The van der Waals surface area contributed by atoms with Gasteiger partial charge in [-0.05, 0) is 122 Å². The smallest absolute Gasteiger partial charge is 0.462 e. The highest BCUT2D eigenvalue weighted by atomic mass is 31.2. The van der Waals surface area contributed by atoms with E-state index in [-0.39, 0.29) is 32.0 Å². The van der Waals surface area contributed by atoms with Gasteiger partial charge in [0.05, 0.1) is 27.7 Å². The van der Waals surface area contributed by atoms with Crippen molar-refractivity contribution in [3.05, 3.63) is 158 Å². The van der Waals surface area contributed by atoms with Crippen LogP contribution in [0.25, 0.3) is 0 Å².